The van der Waals surface area contributed by atoms with Gasteiger partial charge in [0.2, 0.25) is 0 Å². The first-order valence-electron chi connectivity index (χ1n) is 11.2. The van der Waals surface area contributed by atoms with Crippen molar-refractivity contribution in [1.82, 2.24) is 5.32 Å². The van der Waals surface area contributed by atoms with E-state index in [-0.39, 0.29) is 10.8 Å². The predicted molar refractivity (Wildman–Crippen MR) is 134 cm³/mol. The number of hydrogen-bond donors (Lipinski definition) is 2. The van der Waals surface area contributed by atoms with Crippen LogP contribution < -0.4 is 14.9 Å². The topological polar surface area (TPSA) is 87.7 Å². The molecule has 0 aliphatic carbocycles. The Morgan fingerprint density at radius 2 is 1.62 bits per heavy atom. The molecule has 4 rings (SSSR count). The Balaban J connectivity index is 1.36. The fraction of sp³-hybridized carbons (Fsp3) is 0.269. The molecule has 178 valence electrons. The van der Waals surface area contributed by atoms with E-state index in [1.807, 2.05) is 19.1 Å². The van der Waals surface area contributed by atoms with Gasteiger partial charge in [0.25, 0.3) is 15.9 Å². The second kappa shape index (κ2) is 10.3. The van der Waals surface area contributed by atoms with E-state index in [0.717, 1.165) is 43.1 Å². The zero-order valence-electron chi connectivity index (χ0n) is 19.4. The molecular weight excluding hydrogens is 450 g/mol. The third-order valence-corrected chi connectivity index (χ3v) is 7.21. The maximum absolute atomic E-state index is 12.7. The first-order valence-corrected chi connectivity index (χ1v) is 12.7. The molecule has 0 saturated carbocycles. The van der Waals surface area contributed by atoms with Crippen LogP contribution in [0, 0.1) is 13.8 Å². The SMILES string of the molecule is Cc1ccc(S(=O)(=O)Nc2ccc(C(=O)NCc3ccc(N4CCOCC4)cc3)cc2C)cc1. The Hall–Kier alpha value is -3.36. The van der Waals surface area contributed by atoms with Crippen molar-refractivity contribution >= 4 is 27.3 Å². The number of aryl methyl sites for hydroxylation is 2. The summed E-state index contributed by atoms with van der Waals surface area (Å²) in [5.74, 6) is -0.215. The molecule has 1 aliphatic rings. The van der Waals surface area contributed by atoms with E-state index in [0.29, 0.717) is 23.4 Å². The number of anilines is 2. The average Bonchev–Trinajstić information content (AvgIpc) is 2.85. The lowest BCUT2D eigenvalue weighted by atomic mass is 10.1. The molecule has 3 aromatic carbocycles. The molecule has 0 unspecified atom stereocenters. The van der Waals surface area contributed by atoms with Gasteiger partial charge in [0.05, 0.1) is 23.8 Å². The second-order valence-electron chi connectivity index (χ2n) is 8.40. The van der Waals surface area contributed by atoms with Gasteiger partial charge >= 0.3 is 0 Å². The van der Waals surface area contributed by atoms with Crippen molar-refractivity contribution in [3.8, 4) is 0 Å². The molecule has 7 nitrogen and oxygen atoms in total. The Kier molecular flexibility index (Phi) is 7.19. The first kappa shape index (κ1) is 23.8. The molecule has 0 bridgehead atoms. The molecule has 0 radical (unpaired) electrons. The van der Waals surface area contributed by atoms with Gasteiger partial charge in [-0.05, 0) is 67.4 Å². The Morgan fingerprint density at radius 1 is 0.941 bits per heavy atom. The fourth-order valence-corrected chi connectivity index (χ4v) is 4.90. The molecule has 1 amide bonds. The van der Waals surface area contributed by atoms with Gasteiger partial charge in [-0.25, -0.2) is 8.42 Å². The molecular formula is C26H29N3O4S. The molecule has 8 heteroatoms. The van der Waals surface area contributed by atoms with Crippen molar-refractivity contribution in [1.29, 1.82) is 0 Å². The summed E-state index contributed by atoms with van der Waals surface area (Å²) in [7, 11) is -3.70. The highest BCUT2D eigenvalue weighted by Gasteiger charge is 2.16. The highest BCUT2D eigenvalue weighted by molar-refractivity contribution is 7.92. The summed E-state index contributed by atoms with van der Waals surface area (Å²) in [4.78, 5) is 15.1. The number of morpholine rings is 1. The molecule has 1 fully saturated rings. The fourth-order valence-electron chi connectivity index (χ4n) is 3.77. The van der Waals surface area contributed by atoms with Crippen LogP contribution in [0.3, 0.4) is 0 Å². The minimum absolute atomic E-state index is 0.193. The Bertz CT molecular complexity index is 1250. The smallest absolute Gasteiger partial charge is 0.261 e. The number of carbonyl (C=O) groups is 1. The molecule has 2 N–H and O–H groups in total. The molecule has 0 atom stereocenters. The van der Waals surface area contributed by atoms with Gasteiger partial charge in [0, 0.05) is 30.9 Å². The van der Waals surface area contributed by atoms with Crippen LogP contribution in [-0.2, 0) is 21.3 Å². The highest BCUT2D eigenvalue weighted by atomic mass is 32.2. The van der Waals surface area contributed by atoms with E-state index in [1.165, 1.54) is 0 Å². The number of amides is 1. The number of nitrogens with one attached hydrogen (secondary N) is 2. The number of rotatable bonds is 7. The molecule has 1 heterocycles. The quantitative estimate of drug-likeness (QED) is 0.537. The third-order valence-electron chi connectivity index (χ3n) is 5.83. The van der Waals surface area contributed by atoms with Crippen molar-refractivity contribution in [2.75, 3.05) is 35.9 Å². The van der Waals surface area contributed by atoms with Gasteiger partial charge < -0.3 is 15.0 Å². The lowest BCUT2D eigenvalue weighted by molar-refractivity contribution is 0.0951. The van der Waals surface area contributed by atoms with E-state index in [9.17, 15) is 13.2 Å². The van der Waals surface area contributed by atoms with Gasteiger partial charge in [-0.15, -0.1) is 0 Å². The van der Waals surface area contributed by atoms with Crippen LogP contribution in [0.4, 0.5) is 11.4 Å². The maximum Gasteiger partial charge on any atom is 0.261 e. The van der Waals surface area contributed by atoms with Crippen LogP contribution in [0.15, 0.2) is 71.6 Å². The minimum Gasteiger partial charge on any atom is -0.378 e. The van der Waals surface area contributed by atoms with E-state index < -0.39 is 10.0 Å². The maximum atomic E-state index is 12.7. The van der Waals surface area contributed by atoms with Gasteiger partial charge in [-0.3, -0.25) is 9.52 Å². The van der Waals surface area contributed by atoms with E-state index >= 15 is 0 Å². The zero-order chi connectivity index (χ0) is 24.1. The number of carbonyl (C=O) groups excluding carboxylic acids is 1. The lowest BCUT2D eigenvalue weighted by Crippen LogP contribution is -2.36. The largest absolute Gasteiger partial charge is 0.378 e. The highest BCUT2D eigenvalue weighted by Crippen LogP contribution is 2.22. The molecule has 0 spiro atoms. The number of sulfonamides is 1. The van der Waals surface area contributed by atoms with E-state index in [2.05, 4.69) is 27.1 Å². The molecule has 1 aliphatic heterocycles. The normalized spacial score (nSPS) is 14.0. The number of hydrogen-bond acceptors (Lipinski definition) is 5. The Labute approximate surface area is 200 Å². The summed E-state index contributed by atoms with van der Waals surface area (Å²) in [6.45, 7) is 7.32. The van der Waals surface area contributed by atoms with Crippen LogP contribution in [0.2, 0.25) is 0 Å². The summed E-state index contributed by atoms with van der Waals surface area (Å²) in [5.41, 5.74) is 4.72. The van der Waals surface area contributed by atoms with Gasteiger partial charge in [-0.2, -0.15) is 0 Å². The van der Waals surface area contributed by atoms with Crippen LogP contribution in [0.5, 0.6) is 0 Å². The van der Waals surface area contributed by atoms with Crippen LogP contribution in [-0.4, -0.2) is 40.6 Å². The number of nitrogens with zero attached hydrogens (tertiary/aromatic N) is 1. The van der Waals surface area contributed by atoms with Gasteiger partial charge in [-0.1, -0.05) is 29.8 Å². The predicted octanol–water partition coefficient (Wildman–Crippen LogP) is 3.87. The van der Waals surface area contributed by atoms with Crippen molar-refractivity contribution in [3.63, 3.8) is 0 Å². The van der Waals surface area contributed by atoms with E-state index in [1.54, 1.807) is 49.4 Å². The van der Waals surface area contributed by atoms with Crippen LogP contribution in [0.1, 0.15) is 27.0 Å². The third kappa shape index (κ3) is 5.76. The summed E-state index contributed by atoms with van der Waals surface area (Å²) >= 11 is 0. The average molecular weight is 480 g/mol. The summed E-state index contributed by atoms with van der Waals surface area (Å²) < 4.78 is 33.3. The Morgan fingerprint density at radius 3 is 2.26 bits per heavy atom. The monoisotopic (exact) mass is 479 g/mol. The van der Waals surface area contributed by atoms with Gasteiger partial charge in [0.1, 0.15) is 0 Å². The number of ether oxygens (including phenoxy) is 1. The van der Waals surface area contributed by atoms with Crippen molar-refractivity contribution in [3.05, 3.63) is 89.0 Å². The molecule has 1 saturated heterocycles. The summed E-state index contributed by atoms with van der Waals surface area (Å²) in [5, 5.41) is 2.93. The molecule has 3 aromatic rings. The number of benzene rings is 3. The summed E-state index contributed by atoms with van der Waals surface area (Å²) in [6, 6.07) is 19.7. The standard InChI is InChI=1S/C26H29N3O4S/c1-19-3-10-24(11-4-19)34(31,32)28-25-12-7-22(17-20(25)2)26(30)27-18-21-5-8-23(9-6-21)29-13-15-33-16-14-29/h3-12,17,28H,13-16,18H2,1-2H3,(H,27,30). The molecule has 34 heavy (non-hydrogen) atoms. The zero-order valence-corrected chi connectivity index (χ0v) is 20.2. The van der Waals surface area contributed by atoms with Crippen molar-refractivity contribution < 1.29 is 17.9 Å². The summed E-state index contributed by atoms with van der Waals surface area (Å²) in [6.07, 6.45) is 0. The van der Waals surface area contributed by atoms with E-state index in [4.69, 9.17) is 4.74 Å². The van der Waals surface area contributed by atoms with Crippen LogP contribution in [0.25, 0.3) is 0 Å². The molecule has 0 aromatic heterocycles. The van der Waals surface area contributed by atoms with Crippen molar-refractivity contribution in [2.45, 2.75) is 25.3 Å². The lowest BCUT2D eigenvalue weighted by Gasteiger charge is -2.28. The minimum atomic E-state index is -3.70. The first-order chi connectivity index (χ1) is 16.3. The second-order valence-corrected chi connectivity index (χ2v) is 10.1. The van der Waals surface area contributed by atoms with Crippen LogP contribution >= 0.6 is 0 Å². The van der Waals surface area contributed by atoms with Gasteiger partial charge in [0.15, 0.2) is 0 Å². The van der Waals surface area contributed by atoms with Crippen molar-refractivity contribution in [2.24, 2.45) is 0 Å².